The molecule has 0 spiro atoms. The number of likely N-dealkylation sites (tertiary alicyclic amines) is 1. The van der Waals surface area contributed by atoms with Crippen LogP contribution < -0.4 is 10.6 Å². The molecular weight excluding hydrogens is 440 g/mol. The summed E-state index contributed by atoms with van der Waals surface area (Å²) in [5, 5.41) is 5.18. The average molecular weight is 471 g/mol. The number of nitrogens with one attached hydrogen (secondary N) is 2. The highest BCUT2D eigenvalue weighted by molar-refractivity contribution is 6.05. The highest BCUT2D eigenvalue weighted by Gasteiger charge is 2.39. The minimum Gasteiger partial charge on any atom is -0.444 e. The molecule has 10 heteroatoms. The number of carbonyl (C=O) groups is 5. The highest BCUT2D eigenvalue weighted by Crippen LogP contribution is 2.28. The van der Waals surface area contributed by atoms with Crippen molar-refractivity contribution >= 4 is 29.7 Å². The van der Waals surface area contributed by atoms with Crippen molar-refractivity contribution in [1.82, 2.24) is 20.4 Å². The second-order valence-corrected chi connectivity index (χ2v) is 9.94. The standard InChI is InChI=1S/C24H30N4O6/c1-24(2,3)34-23(33)27-10-4-5-17(27)20(30)25-12-14-6-7-16-15(11-14)13-28(22(16)32)18-8-9-19(29)26-21(18)31/h6-7,11,17-18H,4-5,8-10,12-13H2,1-3H3,(H,25,30)(H,26,29,31)/t17-,18?/m0/s1. The number of benzene rings is 1. The molecule has 182 valence electrons. The van der Waals surface area contributed by atoms with Gasteiger partial charge in [-0.2, -0.15) is 0 Å². The number of piperidine rings is 1. The van der Waals surface area contributed by atoms with E-state index in [4.69, 9.17) is 4.74 Å². The third-order valence-corrected chi connectivity index (χ3v) is 6.24. The van der Waals surface area contributed by atoms with E-state index in [2.05, 4.69) is 10.6 Å². The van der Waals surface area contributed by atoms with Crippen molar-refractivity contribution in [3.05, 3.63) is 34.9 Å². The molecule has 0 aromatic heterocycles. The summed E-state index contributed by atoms with van der Waals surface area (Å²) in [6.07, 6.45) is 1.33. The van der Waals surface area contributed by atoms with E-state index in [1.807, 2.05) is 6.07 Å². The lowest BCUT2D eigenvalue weighted by molar-refractivity contribution is -0.137. The number of amides is 5. The Morgan fingerprint density at radius 1 is 1.18 bits per heavy atom. The molecule has 1 aromatic carbocycles. The summed E-state index contributed by atoms with van der Waals surface area (Å²) < 4.78 is 5.42. The SMILES string of the molecule is CC(C)(C)OC(=O)N1CCC[C@H]1C(=O)NCc1ccc2c(c1)CN(C1CCC(=O)NC1=O)C2=O. The molecule has 0 bridgehead atoms. The van der Waals surface area contributed by atoms with Crippen molar-refractivity contribution in [2.24, 2.45) is 0 Å². The van der Waals surface area contributed by atoms with Gasteiger partial charge in [-0.15, -0.1) is 0 Å². The van der Waals surface area contributed by atoms with Crippen LogP contribution in [-0.4, -0.2) is 63.8 Å². The lowest BCUT2D eigenvalue weighted by Crippen LogP contribution is -2.52. The van der Waals surface area contributed by atoms with Crippen LogP contribution in [0.15, 0.2) is 18.2 Å². The second kappa shape index (κ2) is 9.08. The molecule has 2 saturated heterocycles. The van der Waals surface area contributed by atoms with Gasteiger partial charge in [-0.05, 0) is 57.2 Å². The molecule has 0 aliphatic carbocycles. The van der Waals surface area contributed by atoms with Crippen LogP contribution in [0.2, 0.25) is 0 Å². The molecule has 4 rings (SSSR count). The molecule has 2 fully saturated rings. The van der Waals surface area contributed by atoms with Gasteiger partial charge >= 0.3 is 6.09 Å². The first-order valence-electron chi connectivity index (χ1n) is 11.6. The Kier molecular flexibility index (Phi) is 6.33. The highest BCUT2D eigenvalue weighted by atomic mass is 16.6. The zero-order valence-electron chi connectivity index (χ0n) is 19.7. The molecule has 0 radical (unpaired) electrons. The van der Waals surface area contributed by atoms with Crippen LogP contribution >= 0.6 is 0 Å². The summed E-state index contributed by atoms with van der Waals surface area (Å²) in [5.41, 5.74) is 1.47. The summed E-state index contributed by atoms with van der Waals surface area (Å²) in [7, 11) is 0. The van der Waals surface area contributed by atoms with E-state index >= 15 is 0 Å². The predicted octanol–water partition coefficient (Wildman–Crippen LogP) is 1.46. The van der Waals surface area contributed by atoms with E-state index in [0.717, 1.165) is 17.5 Å². The van der Waals surface area contributed by atoms with E-state index in [1.54, 1.807) is 32.9 Å². The number of imide groups is 1. The van der Waals surface area contributed by atoms with E-state index in [1.165, 1.54) is 9.80 Å². The lowest BCUT2D eigenvalue weighted by atomic mass is 10.0. The zero-order valence-corrected chi connectivity index (χ0v) is 19.7. The maximum absolute atomic E-state index is 12.8. The zero-order chi connectivity index (χ0) is 24.6. The van der Waals surface area contributed by atoms with Gasteiger partial charge in [-0.25, -0.2) is 4.79 Å². The first kappa shape index (κ1) is 23.7. The first-order chi connectivity index (χ1) is 16.0. The van der Waals surface area contributed by atoms with E-state index in [-0.39, 0.29) is 37.2 Å². The van der Waals surface area contributed by atoms with Gasteiger partial charge in [0.2, 0.25) is 17.7 Å². The summed E-state index contributed by atoms with van der Waals surface area (Å²) in [4.78, 5) is 64.7. The van der Waals surface area contributed by atoms with Crippen molar-refractivity contribution in [1.29, 1.82) is 0 Å². The number of ether oxygens (including phenoxy) is 1. The summed E-state index contributed by atoms with van der Waals surface area (Å²) in [6.45, 7) is 6.36. The summed E-state index contributed by atoms with van der Waals surface area (Å²) in [6, 6.07) is 4.08. The average Bonchev–Trinajstić information content (AvgIpc) is 3.36. The van der Waals surface area contributed by atoms with Gasteiger partial charge in [0.1, 0.15) is 17.7 Å². The molecule has 2 atom stereocenters. The fraction of sp³-hybridized carbons (Fsp3) is 0.542. The molecule has 34 heavy (non-hydrogen) atoms. The Bertz CT molecular complexity index is 1050. The minimum absolute atomic E-state index is 0.204. The Labute approximate surface area is 198 Å². The molecule has 3 aliphatic rings. The van der Waals surface area contributed by atoms with Gasteiger partial charge < -0.3 is 15.0 Å². The third-order valence-electron chi connectivity index (χ3n) is 6.24. The Morgan fingerprint density at radius 2 is 1.94 bits per heavy atom. The van der Waals surface area contributed by atoms with Crippen molar-refractivity contribution < 1.29 is 28.7 Å². The van der Waals surface area contributed by atoms with Crippen LogP contribution in [0.4, 0.5) is 4.79 Å². The largest absolute Gasteiger partial charge is 0.444 e. The topological polar surface area (TPSA) is 125 Å². The lowest BCUT2D eigenvalue weighted by Gasteiger charge is -2.29. The van der Waals surface area contributed by atoms with Gasteiger partial charge in [0.15, 0.2) is 0 Å². The number of nitrogens with zero attached hydrogens (tertiary/aromatic N) is 2. The van der Waals surface area contributed by atoms with Gasteiger partial charge in [0, 0.05) is 31.6 Å². The normalized spacial score (nSPS) is 22.5. The minimum atomic E-state index is -0.665. The van der Waals surface area contributed by atoms with E-state index in [0.29, 0.717) is 24.9 Å². The molecule has 0 saturated carbocycles. The molecule has 3 aliphatic heterocycles. The summed E-state index contributed by atoms with van der Waals surface area (Å²) >= 11 is 0. The maximum atomic E-state index is 12.8. The van der Waals surface area contributed by atoms with Gasteiger partial charge in [-0.1, -0.05) is 12.1 Å². The monoisotopic (exact) mass is 470 g/mol. The first-order valence-corrected chi connectivity index (χ1v) is 11.6. The fourth-order valence-corrected chi connectivity index (χ4v) is 4.62. The summed E-state index contributed by atoms with van der Waals surface area (Å²) in [5.74, 6) is -1.25. The molecule has 1 unspecified atom stereocenters. The van der Waals surface area contributed by atoms with Crippen LogP contribution in [0.5, 0.6) is 0 Å². The Morgan fingerprint density at radius 3 is 2.65 bits per heavy atom. The second-order valence-electron chi connectivity index (χ2n) is 9.94. The van der Waals surface area contributed by atoms with Crippen LogP contribution in [0.3, 0.4) is 0 Å². The van der Waals surface area contributed by atoms with Crippen molar-refractivity contribution in [2.75, 3.05) is 6.54 Å². The van der Waals surface area contributed by atoms with Gasteiger partial charge in [0.25, 0.3) is 5.91 Å². The van der Waals surface area contributed by atoms with Gasteiger partial charge in [0.05, 0.1) is 0 Å². The van der Waals surface area contributed by atoms with E-state index < -0.39 is 29.7 Å². The molecule has 10 nitrogen and oxygen atoms in total. The number of fused-ring (bicyclic) bond motifs is 1. The predicted molar refractivity (Wildman–Crippen MR) is 120 cm³/mol. The van der Waals surface area contributed by atoms with Gasteiger partial charge in [-0.3, -0.25) is 29.4 Å². The Hall–Kier alpha value is -3.43. The molecule has 1 aromatic rings. The quantitative estimate of drug-likeness (QED) is 0.642. The van der Waals surface area contributed by atoms with Crippen molar-refractivity contribution in [2.45, 2.75) is 77.2 Å². The van der Waals surface area contributed by atoms with Crippen molar-refractivity contribution in [3.8, 4) is 0 Å². The fourth-order valence-electron chi connectivity index (χ4n) is 4.62. The van der Waals surface area contributed by atoms with Crippen LogP contribution in [-0.2, 0) is 32.2 Å². The van der Waals surface area contributed by atoms with Crippen LogP contribution in [0.25, 0.3) is 0 Å². The third kappa shape index (κ3) is 4.90. The van der Waals surface area contributed by atoms with Crippen molar-refractivity contribution in [3.63, 3.8) is 0 Å². The maximum Gasteiger partial charge on any atom is 0.410 e. The molecule has 5 amide bonds. The molecule has 2 N–H and O–H groups in total. The molecule has 3 heterocycles. The van der Waals surface area contributed by atoms with Crippen LogP contribution in [0, 0.1) is 0 Å². The number of hydrogen-bond acceptors (Lipinski definition) is 6. The number of rotatable bonds is 4. The number of hydrogen-bond donors (Lipinski definition) is 2. The van der Waals surface area contributed by atoms with Crippen LogP contribution in [0.1, 0.15) is 67.9 Å². The number of carbonyl (C=O) groups excluding carboxylic acids is 5. The Balaban J connectivity index is 1.37. The molecular formula is C24H30N4O6. The van der Waals surface area contributed by atoms with E-state index in [9.17, 15) is 24.0 Å². The smallest absolute Gasteiger partial charge is 0.410 e.